The summed E-state index contributed by atoms with van der Waals surface area (Å²) in [7, 11) is 1.68. The number of carbonyl (C=O) groups excluding carboxylic acids is 1. The fourth-order valence-electron chi connectivity index (χ4n) is 2.50. The molecule has 2 aromatic rings. The van der Waals surface area contributed by atoms with Gasteiger partial charge in [-0.25, -0.2) is 0 Å². The third-order valence-corrected chi connectivity index (χ3v) is 3.63. The molecule has 2 aromatic carbocycles. The highest BCUT2D eigenvalue weighted by molar-refractivity contribution is 6.07. The highest BCUT2D eigenvalue weighted by Crippen LogP contribution is 2.25. The van der Waals surface area contributed by atoms with Gasteiger partial charge >= 0.3 is 0 Å². The van der Waals surface area contributed by atoms with E-state index in [-0.39, 0.29) is 11.6 Å². The van der Waals surface area contributed by atoms with Gasteiger partial charge in [0.15, 0.2) is 0 Å². The second-order valence-electron chi connectivity index (χ2n) is 5.42. The van der Waals surface area contributed by atoms with Gasteiger partial charge in [0, 0.05) is 29.9 Å². The summed E-state index contributed by atoms with van der Waals surface area (Å²) in [5.41, 5.74) is 3.58. The van der Waals surface area contributed by atoms with Gasteiger partial charge in [-0.15, -0.1) is 0 Å². The average molecular weight is 298 g/mol. The molecule has 0 unspecified atom stereocenters. The molecular formula is C17H18N2O3. The maximum atomic E-state index is 12.7. The van der Waals surface area contributed by atoms with Crippen LogP contribution >= 0.6 is 0 Å². The quantitative estimate of drug-likeness (QED) is 0.639. The molecule has 5 heteroatoms. The maximum Gasteiger partial charge on any atom is 0.273 e. The number of amides is 1. The van der Waals surface area contributed by atoms with Crippen LogP contribution in [0.25, 0.3) is 0 Å². The van der Waals surface area contributed by atoms with E-state index < -0.39 is 4.92 Å². The minimum Gasteiger partial charge on any atom is -0.311 e. The highest BCUT2D eigenvalue weighted by Gasteiger charge is 2.21. The molecule has 0 fully saturated rings. The maximum absolute atomic E-state index is 12.7. The van der Waals surface area contributed by atoms with Crippen molar-refractivity contribution in [2.45, 2.75) is 20.8 Å². The summed E-state index contributed by atoms with van der Waals surface area (Å²) in [6.45, 7) is 5.53. The van der Waals surface area contributed by atoms with E-state index in [0.29, 0.717) is 11.1 Å². The largest absolute Gasteiger partial charge is 0.311 e. The third-order valence-electron chi connectivity index (χ3n) is 3.63. The Morgan fingerprint density at radius 3 is 2.23 bits per heavy atom. The van der Waals surface area contributed by atoms with Crippen molar-refractivity contribution in [3.63, 3.8) is 0 Å². The first kappa shape index (κ1) is 15.7. The Balaban J connectivity index is 2.43. The van der Waals surface area contributed by atoms with E-state index in [4.69, 9.17) is 0 Å². The normalized spacial score (nSPS) is 10.4. The fourth-order valence-corrected chi connectivity index (χ4v) is 2.50. The Kier molecular flexibility index (Phi) is 4.26. The van der Waals surface area contributed by atoms with Crippen molar-refractivity contribution in [3.8, 4) is 0 Å². The Morgan fingerprint density at radius 2 is 1.68 bits per heavy atom. The standard InChI is InChI=1S/C17H18N2O3/c1-11-8-12(2)10-14(9-11)18(4)17(20)15-6-5-7-16(13(15)3)19(21)22/h5-10H,1-4H3. The molecule has 2 rings (SSSR count). The smallest absolute Gasteiger partial charge is 0.273 e. The zero-order valence-corrected chi connectivity index (χ0v) is 13.1. The van der Waals surface area contributed by atoms with Gasteiger partial charge in [-0.05, 0) is 50.1 Å². The number of hydrogen-bond acceptors (Lipinski definition) is 3. The number of anilines is 1. The lowest BCUT2D eigenvalue weighted by Gasteiger charge is -2.19. The monoisotopic (exact) mass is 298 g/mol. The zero-order chi connectivity index (χ0) is 16.4. The molecule has 0 aromatic heterocycles. The molecule has 0 saturated carbocycles. The molecule has 0 aliphatic rings. The van der Waals surface area contributed by atoms with Crippen LogP contribution in [0.2, 0.25) is 0 Å². The van der Waals surface area contributed by atoms with Gasteiger partial charge in [0.05, 0.1) is 4.92 Å². The van der Waals surface area contributed by atoms with Crippen molar-refractivity contribution < 1.29 is 9.72 Å². The molecule has 22 heavy (non-hydrogen) atoms. The van der Waals surface area contributed by atoms with E-state index >= 15 is 0 Å². The van der Waals surface area contributed by atoms with Crippen molar-refractivity contribution in [1.29, 1.82) is 0 Å². The summed E-state index contributed by atoms with van der Waals surface area (Å²) in [5.74, 6) is -0.258. The van der Waals surface area contributed by atoms with E-state index in [1.54, 1.807) is 20.0 Å². The second kappa shape index (κ2) is 5.97. The first-order chi connectivity index (χ1) is 10.3. The molecule has 0 spiro atoms. The van der Waals surface area contributed by atoms with Gasteiger partial charge in [0.2, 0.25) is 0 Å². The first-order valence-corrected chi connectivity index (χ1v) is 6.91. The Morgan fingerprint density at radius 1 is 1.09 bits per heavy atom. The first-order valence-electron chi connectivity index (χ1n) is 6.91. The lowest BCUT2D eigenvalue weighted by molar-refractivity contribution is -0.385. The number of carbonyl (C=O) groups is 1. The van der Waals surface area contributed by atoms with Crippen LogP contribution in [-0.2, 0) is 0 Å². The van der Waals surface area contributed by atoms with Crippen LogP contribution in [0.1, 0.15) is 27.0 Å². The molecule has 5 nitrogen and oxygen atoms in total. The van der Waals surface area contributed by atoms with E-state index in [1.807, 2.05) is 32.0 Å². The van der Waals surface area contributed by atoms with Crippen molar-refractivity contribution in [1.82, 2.24) is 0 Å². The molecule has 0 aliphatic carbocycles. The lowest BCUT2D eigenvalue weighted by atomic mass is 10.0. The molecule has 0 atom stereocenters. The van der Waals surface area contributed by atoms with Crippen LogP contribution in [0.15, 0.2) is 36.4 Å². The highest BCUT2D eigenvalue weighted by atomic mass is 16.6. The van der Waals surface area contributed by atoms with Gasteiger partial charge in [-0.1, -0.05) is 12.1 Å². The van der Waals surface area contributed by atoms with Gasteiger partial charge < -0.3 is 4.90 Å². The van der Waals surface area contributed by atoms with Crippen molar-refractivity contribution in [3.05, 3.63) is 68.8 Å². The summed E-state index contributed by atoms with van der Waals surface area (Å²) < 4.78 is 0. The van der Waals surface area contributed by atoms with Crippen LogP contribution in [-0.4, -0.2) is 17.9 Å². The molecule has 0 aliphatic heterocycles. The average Bonchev–Trinajstić information content (AvgIpc) is 2.44. The number of nitro benzene ring substituents is 1. The van der Waals surface area contributed by atoms with Crippen LogP contribution in [0.5, 0.6) is 0 Å². The Bertz CT molecular complexity index is 733. The van der Waals surface area contributed by atoms with Gasteiger partial charge in [-0.3, -0.25) is 14.9 Å². The second-order valence-corrected chi connectivity index (χ2v) is 5.42. The third kappa shape index (κ3) is 2.98. The summed E-state index contributed by atoms with van der Waals surface area (Å²) in [5, 5.41) is 11.0. The minimum absolute atomic E-state index is 0.0420. The summed E-state index contributed by atoms with van der Waals surface area (Å²) in [4.78, 5) is 24.7. The van der Waals surface area contributed by atoms with Crippen LogP contribution < -0.4 is 4.90 Å². The van der Waals surface area contributed by atoms with Crippen LogP contribution in [0.3, 0.4) is 0 Å². The van der Waals surface area contributed by atoms with Crippen molar-refractivity contribution in [2.24, 2.45) is 0 Å². The number of rotatable bonds is 3. The van der Waals surface area contributed by atoms with E-state index in [9.17, 15) is 14.9 Å². The van der Waals surface area contributed by atoms with E-state index in [0.717, 1.165) is 16.8 Å². The number of benzene rings is 2. The van der Waals surface area contributed by atoms with Crippen molar-refractivity contribution >= 4 is 17.3 Å². The zero-order valence-electron chi connectivity index (χ0n) is 13.1. The van der Waals surface area contributed by atoms with Gasteiger partial charge in [-0.2, -0.15) is 0 Å². The number of aryl methyl sites for hydroxylation is 2. The predicted octanol–water partition coefficient (Wildman–Crippen LogP) is 3.80. The summed E-state index contributed by atoms with van der Waals surface area (Å²) >= 11 is 0. The Labute approximate surface area is 129 Å². The molecule has 1 amide bonds. The van der Waals surface area contributed by atoms with E-state index in [2.05, 4.69) is 0 Å². The van der Waals surface area contributed by atoms with E-state index in [1.165, 1.54) is 17.0 Å². The summed E-state index contributed by atoms with van der Waals surface area (Å²) in [6, 6.07) is 10.4. The van der Waals surface area contributed by atoms with Crippen molar-refractivity contribution in [2.75, 3.05) is 11.9 Å². The van der Waals surface area contributed by atoms with Crippen LogP contribution in [0.4, 0.5) is 11.4 Å². The van der Waals surface area contributed by atoms with Gasteiger partial charge in [0.1, 0.15) is 0 Å². The topological polar surface area (TPSA) is 63.5 Å². The molecule has 0 bridgehead atoms. The lowest BCUT2D eigenvalue weighted by Crippen LogP contribution is -2.27. The Hall–Kier alpha value is -2.69. The number of nitrogens with zero attached hydrogens (tertiary/aromatic N) is 2. The number of nitro groups is 1. The molecular weight excluding hydrogens is 280 g/mol. The SMILES string of the molecule is Cc1cc(C)cc(N(C)C(=O)c2cccc([N+](=O)[O-])c2C)c1. The molecule has 0 heterocycles. The predicted molar refractivity (Wildman–Crippen MR) is 86.5 cm³/mol. The molecule has 0 N–H and O–H groups in total. The fraction of sp³-hybridized carbons (Fsp3) is 0.235. The van der Waals surface area contributed by atoms with Crippen LogP contribution in [0, 0.1) is 30.9 Å². The molecule has 114 valence electrons. The molecule has 0 radical (unpaired) electrons. The molecule has 0 saturated heterocycles. The van der Waals surface area contributed by atoms with Gasteiger partial charge in [0.25, 0.3) is 11.6 Å². The summed E-state index contributed by atoms with van der Waals surface area (Å²) in [6.07, 6.45) is 0. The number of hydrogen-bond donors (Lipinski definition) is 0. The minimum atomic E-state index is -0.469.